The molecule has 0 amide bonds. The van der Waals surface area contributed by atoms with Gasteiger partial charge in [-0.3, -0.25) is 0 Å². The maximum atomic E-state index is 2.37. The van der Waals surface area contributed by atoms with E-state index < -0.39 is 0 Å². The zero-order valence-corrected chi connectivity index (χ0v) is 8.38. The lowest BCUT2D eigenvalue weighted by Gasteiger charge is -2.22. The summed E-state index contributed by atoms with van der Waals surface area (Å²) < 4.78 is 0. The van der Waals surface area contributed by atoms with Crippen LogP contribution in [0.25, 0.3) is 0 Å². The van der Waals surface area contributed by atoms with E-state index >= 15 is 0 Å². The highest BCUT2D eigenvalue weighted by atomic mass is 15.1. The van der Waals surface area contributed by atoms with Crippen molar-refractivity contribution in [3.63, 3.8) is 0 Å². The SMILES string of the molecule is CC1=CCN(CCC(C)C)C=C1. The normalized spacial score (nSPS) is 17.0. The molecule has 0 bridgehead atoms. The average molecular weight is 165 g/mol. The Morgan fingerprint density at radius 3 is 2.75 bits per heavy atom. The first-order valence-electron chi connectivity index (χ1n) is 4.77. The molecule has 0 saturated carbocycles. The van der Waals surface area contributed by atoms with Gasteiger partial charge >= 0.3 is 0 Å². The third kappa shape index (κ3) is 3.12. The molecule has 0 atom stereocenters. The Balaban J connectivity index is 2.25. The number of hydrogen-bond donors (Lipinski definition) is 0. The topological polar surface area (TPSA) is 3.24 Å². The van der Waals surface area contributed by atoms with E-state index in [0.29, 0.717) is 0 Å². The average Bonchev–Trinajstić information content (AvgIpc) is 2.03. The van der Waals surface area contributed by atoms with Crippen LogP contribution in [0.1, 0.15) is 27.2 Å². The molecule has 1 rings (SSSR count). The second-order valence-corrected chi connectivity index (χ2v) is 3.94. The Morgan fingerprint density at radius 2 is 2.25 bits per heavy atom. The minimum absolute atomic E-state index is 0.811. The molecule has 0 radical (unpaired) electrons. The van der Waals surface area contributed by atoms with Gasteiger partial charge in [0, 0.05) is 13.1 Å². The van der Waals surface area contributed by atoms with Gasteiger partial charge in [0.15, 0.2) is 0 Å². The summed E-state index contributed by atoms with van der Waals surface area (Å²) in [4.78, 5) is 2.37. The van der Waals surface area contributed by atoms with Gasteiger partial charge in [-0.2, -0.15) is 0 Å². The fraction of sp³-hybridized carbons (Fsp3) is 0.636. The lowest BCUT2D eigenvalue weighted by molar-refractivity contribution is 0.371. The maximum Gasteiger partial charge on any atom is 0.0359 e. The molecule has 0 spiro atoms. The van der Waals surface area contributed by atoms with Crippen molar-refractivity contribution in [2.75, 3.05) is 13.1 Å². The predicted molar refractivity (Wildman–Crippen MR) is 53.9 cm³/mol. The molecule has 0 aromatic rings. The molecular weight excluding hydrogens is 146 g/mol. The molecule has 1 nitrogen and oxygen atoms in total. The molecule has 0 aromatic heterocycles. The molecule has 1 aliphatic heterocycles. The van der Waals surface area contributed by atoms with Crippen molar-refractivity contribution in [1.82, 2.24) is 4.90 Å². The van der Waals surface area contributed by atoms with Crippen LogP contribution in [0, 0.1) is 5.92 Å². The van der Waals surface area contributed by atoms with Gasteiger partial charge in [0.1, 0.15) is 0 Å². The maximum absolute atomic E-state index is 2.37. The van der Waals surface area contributed by atoms with Gasteiger partial charge in [0.25, 0.3) is 0 Å². The number of rotatable bonds is 3. The van der Waals surface area contributed by atoms with Gasteiger partial charge in [-0.25, -0.2) is 0 Å². The first kappa shape index (κ1) is 9.37. The van der Waals surface area contributed by atoms with Crippen LogP contribution in [0.3, 0.4) is 0 Å². The molecule has 0 saturated heterocycles. The molecular formula is C11H19N. The van der Waals surface area contributed by atoms with Crippen LogP contribution in [-0.4, -0.2) is 18.0 Å². The number of hydrogen-bond acceptors (Lipinski definition) is 1. The van der Waals surface area contributed by atoms with E-state index in [1.165, 1.54) is 18.5 Å². The third-order valence-corrected chi connectivity index (χ3v) is 2.19. The molecule has 68 valence electrons. The summed E-state index contributed by atoms with van der Waals surface area (Å²) in [5, 5.41) is 0. The van der Waals surface area contributed by atoms with Crippen molar-refractivity contribution < 1.29 is 0 Å². The molecule has 0 aromatic carbocycles. The van der Waals surface area contributed by atoms with Crippen molar-refractivity contribution >= 4 is 0 Å². The quantitative estimate of drug-likeness (QED) is 0.621. The Bertz CT molecular complexity index is 189. The fourth-order valence-corrected chi connectivity index (χ4v) is 1.20. The summed E-state index contributed by atoms with van der Waals surface area (Å²) >= 11 is 0. The van der Waals surface area contributed by atoms with Gasteiger partial charge in [-0.05, 0) is 31.5 Å². The standard InChI is InChI=1S/C11H19N/c1-10(2)4-7-12-8-5-11(3)6-9-12/h5-6,8,10H,4,7,9H2,1-3H3. The largest absolute Gasteiger partial charge is 0.374 e. The summed E-state index contributed by atoms with van der Waals surface area (Å²) in [7, 11) is 0. The Morgan fingerprint density at radius 1 is 1.50 bits per heavy atom. The highest BCUT2D eigenvalue weighted by Crippen LogP contribution is 2.08. The van der Waals surface area contributed by atoms with Crippen LogP contribution in [0.2, 0.25) is 0 Å². The minimum atomic E-state index is 0.811. The highest BCUT2D eigenvalue weighted by molar-refractivity contribution is 5.19. The van der Waals surface area contributed by atoms with Crippen LogP contribution in [0.15, 0.2) is 23.9 Å². The number of allylic oxidation sites excluding steroid dienone is 2. The van der Waals surface area contributed by atoms with Crippen molar-refractivity contribution in [3.05, 3.63) is 23.9 Å². The summed E-state index contributed by atoms with van der Waals surface area (Å²) in [6.07, 6.45) is 7.96. The zero-order chi connectivity index (χ0) is 8.97. The van der Waals surface area contributed by atoms with Gasteiger partial charge in [0.2, 0.25) is 0 Å². The number of nitrogens with zero attached hydrogens (tertiary/aromatic N) is 1. The van der Waals surface area contributed by atoms with Crippen molar-refractivity contribution in [3.8, 4) is 0 Å². The van der Waals surface area contributed by atoms with E-state index in [1.54, 1.807) is 0 Å². The van der Waals surface area contributed by atoms with E-state index in [0.717, 1.165) is 12.5 Å². The molecule has 1 aliphatic rings. The Kier molecular flexibility index (Phi) is 3.39. The first-order chi connectivity index (χ1) is 5.68. The van der Waals surface area contributed by atoms with Crippen molar-refractivity contribution in [2.45, 2.75) is 27.2 Å². The predicted octanol–water partition coefficient (Wildman–Crippen LogP) is 2.81. The fourth-order valence-electron chi connectivity index (χ4n) is 1.20. The zero-order valence-electron chi connectivity index (χ0n) is 8.38. The molecule has 0 aliphatic carbocycles. The van der Waals surface area contributed by atoms with E-state index in [-0.39, 0.29) is 0 Å². The second kappa shape index (κ2) is 4.34. The van der Waals surface area contributed by atoms with E-state index in [1.807, 2.05) is 0 Å². The van der Waals surface area contributed by atoms with Gasteiger partial charge in [-0.1, -0.05) is 25.5 Å². The van der Waals surface area contributed by atoms with E-state index in [4.69, 9.17) is 0 Å². The van der Waals surface area contributed by atoms with Gasteiger partial charge < -0.3 is 4.90 Å². The second-order valence-electron chi connectivity index (χ2n) is 3.94. The highest BCUT2D eigenvalue weighted by Gasteiger charge is 2.02. The minimum Gasteiger partial charge on any atom is -0.374 e. The van der Waals surface area contributed by atoms with Crippen LogP contribution < -0.4 is 0 Å². The smallest absolute Gasteiger partial charge is 0.0359 e. The summed E-state index contributed by atoms with van der Waals surface area (Å²) in [6.45, 7) is 8.98. The molecule has 12 heavy (non-hydrogen) atoms. The molecule has 1 heteroatoms. The lowest BCUT2D eigenvalue weighted by Crippen LogP contribution is -2.21. The monoisotopic (exact) mass is 165 g/mol. The molecule has 0 N–H and O–H groups in total. The van der Waals surface area contributed by atoms with Crippen molar-refractivity contribution in [2.24, 2.45) is 5.92 Å². The van der Waals surface area contributed by atoms with Gasteiger partial charge in [0.05, 0.1) is 0 Å². The van der Waals surface area contributed by atoms with Crippen LogP contribution >= 0.6 is 0 Å². The molecule has 1 heterocycles. The van der Waals surface area contributed by atoms with Crippen LogP contribution in [-0.2, 0) is 0 Å². The van der Waals surface area contributed by atoms with Gasteiger partial charge in [-0.15, -0.1) is 0 Å². The first-order valence-corrected chi connectivity index (χ1v) is 4.77. The molecule has 0 fully saturated rings. The van der Waals surface area contributed by atoms with Crippen molar-refractivity contribution in [1.29, 1.82) is 0 Å². The summed E-state index contributed by atoms with van der Waals surface area (Å²) in [6, 6.07) is 0. The third-order valence-electron chi connectivity index (χ3n) is 2.19. The lowest BCUT2D eigenvalue weighted by atomic mass is 10.1. The summed E-state index contributed by atoms with van der Waals surface area (Å²) in [5.41, 5.74) is 1.38. The summed E-state index contributed by atoms with van der Waals surface area (Å²) in [5.74, 6) is 0.811. The van der Waals surface area contributed by atoms with Crippen LogP contribution in [0.5, 0.6) is 0 Å². The van der Waals surface area contributed by atoms with E-state index in [9.17, 15) is 0 Å². The molecule has 0 unspecified atom stereocenters. The Hall–Kier alpha value is -0.720. The Labute approximate surface area is 75.8 Å². The van der Waals surface area contributed by atoms with E-state index in [2.05, 4.69) is 44.0 Å². The van der Waals surface area contributed by atoms with Crippen LogP contribution in [0.4, 0.5) is 0 Å².